The summed E-state index contributed by atoms with van der Waals surface area (Å²) in [6.45, 7) is 0. The number of halogens is 2. The molecule has 4 heteroatoms. The van der Waals surface area contributed by atoms with Gasteiger partial charge in [0.15, 0.2) is 0 Å². The summed E-state index contributed by atoms with van der Waals surface area (Å²) in [5.74, 6) is 0.564. The lowest BCUT2D eigenvalue weighted by atomic mass is 10.0. The van der Waals surface area contributed by atoms with Crippen molar-refractivity contribution in [1.29, 1.82) is 0 Å². The summed E-state index contributed by atoms with van der Waals surface area (Å²) in [5.41, 5.74) is 0.599. The van der Waals surface area contributed by atoms with Crippen molar-refractivity contribution in [3.63, 3.8) is 0 Å². The molecule has 1 aromatic rings. The Morgan fingerprint density at radius 2 is 2.00 bits per heavy atom. The average Bonchev–Trinajstić information content (AvgIpc) is 2.77. The second kappa shape index (κ2) is 5.74. The van der Waals surface area contributed by atoms with Crippen LogP contribution in [0, 0.1) is 5.92 Å². The van der Waals surface area contributed by atoms with Crippen LogP contribution >= 0.6 is 23.2 Å². The molecule has 1 aromatic carbocycles. The number of anilines is 1. The lowest BCUT2D eigenvalue weighted by Gasteiger charge is -2.11. The van der Waals surface area contributed by atoms with Crippen molar-refractivity contribution in [2.24, 2.45) is 5.92 Å². The molecule has 0 saturated heterocycles. The summed E-state index contributed by atoms with van der Waals surface area (Å²) in [7, 11) is 0. The highest BCUT2D eigenvalue weighted by Gasteiger charge is 2.19. The van der Waals surface area contributed by atoms with E-state index in [1.165, 1.54) is 12.8 Å². The topological polar surface area (TPSA) is 29.1 Å². The van der Waals surface area contributed by atoms with E-state index in [0.29, 0.717) is 28.1 Å². The van der Waals surface area contributed by atoms with Gasteiger partial charge in [-0.15, -0.1) is 0 Å². The van der Waals surface area contributed by atoms with Gasteiger partial charge in [-0.05, 0) is 30.9 Å². The summed E-state index contributed by atoms with van der Waals surface area (Å²) < 4.78 is 0. The van der Waals surface area contributed by atoms with Gasteiger partial charge in [0.25, 0.3) is 0 Å². The molecule has 0 atom stereocenters. The van der Waals surface area contributed by atoms with Gasteiger partial charge in [0, 0.05) is 6.42 Å². The SMILES string of the molecule is O=C(CC1CCCC1)Nc1cccc(Cl)c1Cl. The lowest BCUT2D eigenvalue weighted by Crippen LogP contribution is -2.15. The molecular weight excluding hydrogens is 257 g/mol. The maximum Gasteiger partial charge on any atom is 0.224 e. The van der Waals surface area contributed by atoms with E-state index in [0.717, 1.165) is 12.8 Å². The van der Waals surface area contributed by atoms with Crippen LogP contribution < -0.4 is 5.32 Å². The third-order valence-electron chi connectivity index (χ3n) is 3.17. The van der Waals surface area contributed by atoms with Crippen LogP contribution in [0.5, 0.6) is 0 Å². The lowest BCUT2D eigenvalue weighted by molar-refractivity contribution is -0.117. The van der Waals surface area contributed by atoms with Gasteiger partial charge in [-0.3, -0.25) is 4.79 Å². The molecule has 0 aromatic heterocycles. The van der Waals surface area contributed by atoms with Crippen molar-refractivity contribution in [2.45, 2.75) is 32.1 Å². The first kappa shape index (κ1) is 12.7. The molecule has 2 nitrogen and oxygen atoms in total. The molecule has 1 fully saturated rings. The Balaban J connectivity index is 1.95. The highest BCUT2D eigenvalue weighted by Crippen LogP contribution is 2.31. The summed E-state index contributed by atoms with van der Waals surface area (Å²) in [5, 5.41) is 3.70. The number of hydrogen-bond acceptors (Lipinski definition) is 1. The molecule has 1 saturated carbocycles. The van der Waals surface area contributed by atoms with E-state index in [1.54, 1.807) is 18.2 Å². The number of amides is 1. The Morgan fingerprint density at radius 1 is 1.29 bits per heavy atom. The number of hydrogen-bond donors (Lipinski definition) is 1. The Kier molecular flexibility index (Phi) is 4.30. The van der Waals surface area contributed by atoms with Gasteiger partial charge in [-0.2, -0.15) is 0 Å². The minimum Gasteiger partial charge on any atom is -0.325 e. The first-order valence-corrected chi connectivity index (χ1v) is 6.66. The van der Waals surface area contributed by atoms with Crippen molar-refractivity contribution in [3.8, 4) is 0 Å². The van der Waals surface area contributed by atoms with Crippen molar-refractivity contribution in [1.82, 2.24) is 0 Å². The fourth-order valence-corrected chi connectivity index (χ4v) is 2.63. The molecule has 0 unspecified atom stereocenters. The van der Waals surface area contributed by atoms with Crippen LogP contribution in [-0.4, -0.2) is 5.91 Å². The van der Waals surface area contributed by atoms with Crippen LogP contribution in [0.1, 0.15) is 32.1 Å². The van der Waals surface area contributed by atoms with Crippen LogP contribution in [0.25, 0.3) is 0 Å². The van der Waals surface area contributed by atoms with Crippen molar-refractivity contribution in [2.75, 3.05) is 5.32 Å². The highest BCUT2D eigenvalue weighted by molar-refractivity contribution is 6.43. The summed E-state index contributed by atoms with van der Waals surface area (Å²) in [6, 6.07) is 5.25. The van der Waals surface area contributed by atoms with E-state index in [4.69, 9.17) is 23.2 Å². The quantitative estimate of drug-likeness (QED) is 0.861. The van der Waals surface area contributed by atoms with Crippen LogP contribution in [-0.2, 0) is 4.79 Å². The molecular formula is C13H15Cl2NO. The third kappa shape index (κ3) is 3.36. The molecule has 1 amide bonds. The number of carbonyl (C=O) groups excluding carboxylic acids is 1. The zero-order valence-corrected chi connectivity index (χ0v) is 11.0. The van der Waals surface area contributed by atoms with Crippen LogP contribution in [0.4, 0.5) is 5.69 Å². The first-order chi connectivity index (χ1) is 8.16. The maximum atomic E-state index is 11.8. The second-order valence-electron chi connectivity index (χ2n) is 4.50. The van der Waals surface area contributed by atoms with Gasteiger partial charge in [-0.1, -0.05) is 42.1 Å². The Labute approximate surface area is 111 Å². The van der Waals surface area contributed by atoms with E-state index in [2.05, 4.69) is 5.32 Å². The Hall–Kier alpha value is -0.730. The predicted molar refractivity (Wildman–Crippen MR) is 71.7 cm³/mol. The smallest absolute Gasteiger partial charge is 0.224 e. The van der Waals surface area contributed by atoms with E-state index in [-0.39, 0.29) is 5.91 Å². The molecule has 0 heterocycles. The zero-order chi connectivity index (χ0) is 12.3. The van der Waals surface area contributed by atoms with Gasteiger partial charge in [-0.25, -0.2) is 0 Å². The van der Waals surface area contributed by atoms with E-state index >= 15 is 0 Å². The molecule has 1 aliphatic carbocycles. The van der Waals surface area contributed by atoms with Crippen molar-refractivity contribution < 1.29 is 4.79 Å². The van der Waals surface area contributed by atoms with E-state index < -0.39 is 0 Å². The zero-order valence-electron chi connectivity index (χ0n) is 9.51. The van der Waals surface area contributed by atoms with Gasteiger partial charge >= 0.3 is 0 Å². The second-order valence-corrected chi connectivity index (χ2v) is 5.29. The monoisotopic (exact) mass is 271 g/mol. The number of benzene rings is 1. The maximum absolute atomic E-state index is 11.8. The molecule has 0 aliphatic heterocycles. The summed E-state index contributed by atoms with van der Waals surface area (Å²) in [6.07, 6.45) is 5.40. The molecule has 0 radical (unpaired) electrons. The van der Waals surface area contributed by atoms with E-state index in [1.807, 2.05) is 0 Å². The third-order valence-corrected chi connectivity index (χ3v) is 3.99. The van der Waals surface area contributed by atoms with Gasteiger partial charge in [0.1, 0.15) is 0 Å². The number of rotatable bonds is 3. The molecule has 92 valence electrons. The highest BCUT2D eigenvalue weighted by atomic mass is 35.5. The molecule has 1 aliphatic rings. The fourth-order valence-electron chi connectivity index (χ4n) is 2.28. The van der Waals surface area contributed by atoms with E-state index in [9.17, 15) is 4.79 Å². The largest absolute Gasteiger partial charge is 0.325 e. The van der Waals surface area contributed by atoms with Crippen LogP contribution in [0.15, 0.2) is 18.2 Å². The van der Waals surface area contributed by atoms with Crippen LogP contribution in [0.2, 0.25) is 10.0 Å². The average molecular weight is 272 g/mol. The number of nitrogens with one attached hydrogen (secondary N) is 1. The van der Waals surface area contributed by atoms with Gasteiger partial charge in [0.05, 0.1) is 15.7 Å². The molecule has 0 bridgehead atoms. The van der Waals surface area contributed by atoms with Gasteiger partial charge in [0.2, 0.25) is 5.91 Å². The van der Waals surface area contributed by atoms with Crippen molar-refractivity contribution in [3.05, 3.63) is 28.2 Å². The van der Waals surface area contributed by atoms with Crippen molar-refractivity contribution >= 4 is 34.8 Å². The minimum absolute atomic E-state index is 0.0288. The summed E-state index contributed by atoms with van der Waals surface area (Å²) >= 11 is 11.9. The van der Waals surface area contributed by atoms with Crippen LogP contribution in [0.3, 0.4) is 0 Å². The summed E-state index contributed by atoms with van der Waals surface area (Å²) in [4.78, 5) is 11.8. The number of carbonyl (C=O) groups is 1. The Morgan fingerprint density at radius 3 is 2.71 bits per heavy atom. The first-order valence-electron chi connectivity index (χ1n) is 5.90. The molecule has 2 rings (SSSR count). The van der Waals surface area contributed by atoms with Gasteiger partial charge < -0.3 is 5.32 Å². The Bertz CT molecular complexity index is 414. The standard InChI is InChI=1S/C13H15Cl2NO/c14-10-6-3-7-11(13(10)15)16-12(17)8-9-4-1-2-5-9/h3,6-7,9H,1-2,4-5,8H2,(H,16,17). The normalized spacial score (nSPS) is 16.1. The molecule has 17 heavy (non-hydrogen) atoms. The predicted octanol–water partition coefficient (Wildman–Crippen LogP) is 4.51. The fraction of sp³-hybridized carbons (Fsp3) is 0.462. The molecule has 1 N–H and O–H groups in total. The molecule has 0 spiro atoms. The minimum atomic E-state index is 0.0288.